The molecule has 6 heteroatoms. The van der Waals surface area contributed by atoms with Crippen molar-refractivity contribution in [2.45, 2.75) is 12.5 Å². The second-order valence-corrected chi connectivity index (χ2v) is 4.33. The Bertz CT molecular complexity index is 373. The summed E-state index contributed by atoms with van der Waals surface area (Å²) in [5, 5.41) is 12.1. The minimum Gasteiger partial charge on any atom is -0.391 e. The third-order valence-electron chi connectivity index (χ3n) is 2.11. The third kappa shape index (κ3) is 5.25. The van der Waals surface area contributed by atoms with Crippen LogP contribution in [0.5, 0.6) is 0 Å². The molecule has 1 rings (SSSR count). The van der Waals surface area contributed by atoms with Gasteiger partial charge in [-0.15, -0.1) is 0 Å². The normalized spacial score (nSPS) is 12.2. The molecule has 1 atom stereocenters. The van der Waals surface area contributed by atoms with E-state index < -0.39 is 6.10 Å². The standard InChI is InChI=1S/C11H15BrN2O3/c1-17-7-9(15)3-5-14-11(16)8-2-4-13-10(12)6-8/h2,4,6,9,15H,3,5,7H2,1H3,(H,14,16). The van der Waals surface area contributed by atoms with Crippen LogP contribution in [0.2, 0.25) is 0 Å². The summed E-state index contributed by atoms with van der Waals surface area (Å²) in [5.74, 6) is -0.183. The summed E-state index contributed by atoms with van der Waals surface area (Å²) in [4.78, 5) is 15.6. The number of hydrogen-bond acceptors (Lipinski definition) is 4. The molecule has 0 aliphatic rings. The number of aromatic nitrogens is 1. The Hall–Kier alpha value is -0.980. The Labute approximate surface area is 108 Å². The highest BCUT2D eigenvalue weighted by atomic mass is 79.9. The molecule has 2 N–H and O–H groups in total. The number of carbonyl (C=O) groups excluding carboxylic acids is 1. The smallest absolute Gasteiger partial charge is 0.251 e. The molecule has 17 heavy (non-hydrogen) atoms. The molecule has 0 spiro atoms. The number of amides is 1. The summed E-state index contributed by atoms with van der Waals surface area (Å²) in [7, 11) is 1.52. The van der Waals surface area contributed by atoms with Crippen LogP contribution in [0.15, 0.2) is 22.9 Å². The van der Waals surface area contributed by atoms with Crippen LogP contribution in [-0.2, 0) is 4.74 Å². The van der Waals surface area contributed by atoms with Crippen molar-refractivity contribution in [1.29, 1.82) is 0 Å². The van der Waals surface area contributed by atoms with Gasteiger partial charge in [-0.3, -0.25) is 4.79 Å². The van der Waals surface area contributed by atoms with Gasteiger partial charge in [0.2, 0.25) is 0 Å². The van der Waals surface area contributed by atoms with E-state index in [4.69, 9.17) is 4.74 Å². The van der Waals surface area contributed by atoms with Crippen LogP contribution in [-0.4, -0.2) is 42.4 Å². The summed E-state index contributed by atoms with van der Waals surface area (Å²) in [6.07, 6.45) is 1.47. The average Bonchev–Trinajstić information content (AvgIpc) is 2.29. The van der Waals surface area contributed by atoms with E-state index in [0.29, 0.717) is 23.1 Å². The maximum absolute atomic E-state index is 11.7. The second-order valence-electron chi connectivity index (χ2n) is 3.52. The Morgan fingerprint density at radius 2 is 2.47 bits per heavy atom. The zero-order valence-corrected chi connectivity index (χ0v) is 11.1. The average molecular weight is 303 g/mol. The highest BCUT2D eigenvalue weighted by molar-refractivity contribution is 9.10. The van der Waals surface area contributed by atoms with E-state index in [1.165, 1.54) is 7.11 Å². The van der Waals surface area contributed by atoms with Gasteiger partial charge in [-0.1, -0.05) is 0 Å². The van der Waals surface area contributed by atoms with Crippen molar-refractivity contribution in [1.82, 2.24) is 10.3 Å². The number of nitrogens with one attached hydrogen (secondary N) is 1. The zero-order chi connectivity index (χ0) is 12.7. The number of aliphatic hydroxyl groups excluding tert-OH is 1. The van der Waals surface area contributed by atoms with Crippen LogP contribution in [0.3, 0.4) is 0 Å². The van der Waals surface area contributed by atoms with Gasteiger partial charge in [0.25, 0.3) is 5.91 Å². The van der Waals surface area contributed by atoms with Gasteiger partial charge in [-0.05, 0) is 34.5 Å². The number of aliphatic hydroxyl groups is 1. The Balaban J connectivity index is 2.35. The number of methoxy groups -OCH3 is 1. The van der Waals surface area contributed by atoms with Crippen molar-refractivity contribution in [3.05, 3.63) is 28.5 Å². The lowest BCUT2D eigenvalue weighted by molar-refractivity contribution is 0.0587. The Kier molecular flexibility index (Phi) is 6.10. The zero-order valence-electron chi connectivity index (χ0n) is 9.52. The second kappa shape index (κ2) is 7.37. The van der Waals surface area contributed by atoms with Gasteiger partial charge in [-0.2, -0.15) is 0 Å². The summed E-state index contributed by atoms with van der Waals surface area (Å²) in [5.41, 5.74) is 0.535. The van der Waals surface area contributed by atoms with Crippen LogP contribution in [0.4, 0.5) is 0 Å². The first-order valence-corrected chi connectivity index (χ1v) is 5.99. The fourth-order valence-corrected chi connectivity index (χ4v) is 1.64. The molecular weight excluding hydrogens is 288 g/mol. The van der Waals surface area contributed by atoms with Crippen LogP contribution >= 0.6 is 15.9 Å². The van der Waals surface area contributed by atoms with Crippen molar-refractivity contribution >= 4 is 21.8 Å². The molecule has 0 fully saturated rings. The van der Waals surface area contributed by atoms with E-state index in [1.54, 1.807) is 18.3 Å². The Morgan fingerprint density at radius 3 is 3.12 bits per heavy atom. The maximum Gasteiger partial charge on any atom is 0.251 e. The summed E-state index contributed by atoms with van der Waals surface area (Å²) < 4.78 is 5.40. The summed E-state index contributed by atoms with van der Waals surface area (Å²) in [6.45, 7) is 0.681. The van der Waals surface area contributed by atoms with Crippen molar-refractivity contribution in [2.24, 2.45) is 0 Å². The van der Waals surface area contributed by atoms with Gasteiger partial charge in [0.1, 0.15) is 4.60 Å². The molecule has 1 unspecified atom stereocenters. The third-order valence-corrected chi connectivity index (χ3v) is 2.54. The highest BCUT2D eigenvalue weighted by Crippen LogP contribution is 2.07. The number of ether oxygens (including phenoxy) is 1. The lowest BCUT2D eigenvalue weighted by atomic mass is 10.2. The fraction of sp³-hybridized carbons (Fsp3) is 0.455. The molecule has 94 valence electrons. The molecule has 0 aromatic carbocycles. The van der Waals surface area contributed by atoms with E-state index in [9.17, 15) is 9.90 Å². The quantitative estimate of drug-likeness (QED) is 0.768. The minimum absolute atomic E-state index is 0.183. The molecule has 1 aromatic heterocycles. The molecule has 1 amide bonds. The van der Waals surface area contributed by atoms with Crippen molar-refractivity contribution < 1.29 is 14.6 Å². The molecule has 0 saturated heterocycles. The largest absolute Gasteiger partial charge is 0.391 e. The minimum atomic E-state index is -0.551. The lowest BCUT2D eigenvalue weighted by Crippen LogP contribution is -2.28. The number of nitrogens with zero attached hydrogens (tertiary/aromatic N) is 1. The predicted octanol–water partition coefficient (Wildman–Crippen LogP) is 0.971. The topological polar surface area (TPSA) is 71.5 Å². The number of hydrogen-bond donors (Lipinski definition) is 2. The van der Waals surface area contributed by atoms with Crippen LogP contribution in [0.1, 0.15) is 16.8 Å². The van der Waals surface area contributed by atoms with Gasteiger partial charge >= 0.3 is 0 Å². The molecular formula is C11H15BrN2O3. The van der Waals surface area contributed by atoms with Gasteiger partial charge in [0, 0.05) is 25.4 Å². The number of pyridine rings is 1. The van der Waals surface area contributed by atoms with Crippen LogP contribution in [0.25, 0.3) is 0 Å². The molecule has 0 aliphatic carbocycles. The van der Waals surface area contributed by atoms with E-state index in [0.717, 1.165) is 0 Å². The van der Waals surface area contributed by atoms with E-state index in [2.05, 4.69) is 26.2 Å². The van der Waals surface area contributed by atoms with Gasteiger partial charge in [0.15, 0.2) is 0 Å². The maximum atomic E-state index is 11.7. The molecule has 5 nitrogen and oxygen atoms in total. The van der Waals surface area contributed by atoms with Gasteiger partial charge in [0.05, 0.1) is 12.7 Å². The van der Waals surface area contributed by atoms with E-state index in [-0.39, 0.29) is 12.5 Å². The number of carbonyl (C=O) groups is 1. The highest BCUT2D eigenvalue weighted by Gasteiger charge is 2.07. The van der Waals surface area contributed by atoms with Crippen LogP contribution < -0.4 is 5.32 Å². The molecule has 1 heterocycles. The summed E-state index contributed by atoms with van der Waals surface area (Å²) >= 11 is 3.19. The van der Waals surface area contributed by atoms with Gasteiger partial charge < -0.3 is 15.2 Å². The van der Waals surface area contributed by atoms with Crippen LogP contribution in [0, 0.1) is 0 Å². The first-order chi connectivity index (χ1) is 8.13. The van der Waals surface area contributed by atoms with Gasteiger partial charge in [-0.25, -0.2) is 4.98 Å². The fourth-order valence-electron chi connectivity index (χ4n) is 1.27. The molecule has 0 radical (unpaired) electrons. The lowest BCUT2D eigenvalue weighted by Gasteiger charge is -2.10. The monoisotopic (exact) mass is 302 g/mol. The van der Waals surface area contributed by atoms with E-state index >= 15 is 0 Å². The number of halogens is 1. The molecule has 0 aliphatic heterocycles. The van der Waals surface area contributed by atoms with Crippen molar-refractivity contribution in [2.75, 3.05) is 20.3 Å². The molecule has 0 saturated carbocycles. The van der Waals surface area contributed by atoms with E-state index in [1.807, 2.05) is 0 Å². The first-order valence-electron chi connectivity index (χ1n) is 5.20. The molecule has 1 aromatic rings. The Morgan fingerprint density at radius 1 is 1.71 bits per heavy atom. The van der Waals surface area contributed by atoms with Crippen molar-refractivity contribution in [3.63, 3.8) is 0 Å². The number of rotatable bonds is 6. The summed E-state index contributed by atoms with van der Waals surface area (Å²) in [6, 6.07) is 3.27. The predicted molar refractivity (Wildman–Crippen MR) is 66.8 cm³/mol. The SMILES string of the molecule is COCC(O)CCNC(=O)c1ccnc(Br)c1. The first kappa shape index (κ1) is 14.1. The molecule has 0 bridgehead atoms. The van der Waals surface area contributed by atoms with Crippen molar-refractivity contribution in [3.8, 4) is 0 Å².